The molecule has 0 radical (unpaired) electrons. The molecule has 3 aliphatic rings. The molecule has 2 heterocycles. The van der Waals surface area contributed by atoms with Crippen LogP contribution in [0.3, 0.4) is 0 Å². The van der Waals surface area contributed by atoms with Crippen molar-refractivity contribution in [1.82, 2.24) is 10.6 Å². The Kier molecular flexibility index (Phi) is 3.14. The minimum Gasteiger partial charge on any atom is -0.316 e. The number of imide groups is 1. The number of piperidine rings is 1. The van der Waals surface area contributed by atoms with Crippen LogP contribution >= 0.6 is 0 Å². The maximum Gasteiger partial charge on any atom is 0.237 e. The maximum atomic E-state index is 14.7. The van der Waals surface area contributed by atoms with Gasteiger partial charge in [0.1, 0.15) is 5.82 Å². The molecular weight excluding hydrogens is 295 g/mol. The van der Waals surface area contributed by atoms with Crippen LogP contribution in [-0.2, 0) is 15.0 Å². The van der Waals surface area contributed by atoms with Gasteiger partial charge in [-0.1, -0.05) is 12.1 Å². The fraction of sp³-hybridized carbons (Fsp3) is 0.556. The number of amides is 2. The summed E-state index contributed by atoms with van der Waals surface area (Å²) in [5.41, 5.74) is 0.912. The van der Waals surface area contributed by atoms with Crippen LogP contribution in [0.4, 0.5) is 4.39 Å². The molecule has 4 rings (SSSR count). The van der Waals surface area contributed by atoms with Gasteiger partial charge < -0.3 is 5.32 Å². The van der Waals surface area contributed by atoms with E-state index in [1.807, 2.05) is 6.07 Å². The van der Waals surface area contributed by atoms with Crippen LogP contribution in [0, 0.1) is 11.2 Å². The van der Waals surface area contributed by atoms with E-state index in [0.717, 1.165) is 31.5 Å². The van der Waals surface area contributed by atoms with Gasteiger partial charge in [0.15, 0.2) is 0 Å². The van der Waals surface area contributed by atoms with E-state index in [1.54, 1.807) is 19.1 Å². The van der Waals surface area contributed by atoms with Gasteiger partial charge in [-0.2, -0.15) is 0 Å². The fourth-order valence-corrected chi connectivity index (χ4v) is 4.28. The number of benzene rings is 1. The second kappa shape index (κ2) is 4.87. The zero-order valence-electron chi connectivity index (χ0n) is 13.2. The minimum absolute atomic E-state index is 0.252. The molecule has 0 bridgehead atoms. The van der Waals surface area contributed by atoms with Gasteiger partial charge in [0, 0.05) is 25.1 Å². The Balaban J connectivity index is 1.56. The monoisotopic (exact) mass is 316 g/mol. The molecule has 1 spiro atoms. The Hall–Kier alpha value is -1.75. The zero-order valence-corrected chi connectivity index (χ0v) is 13.2. The standard InChI is InChI=1S/C18H21FN2O2/c1-17(5-4-15(22)21-16(17)23)13-3-2-11(6-14(13)19)12-7-18(8-12)9-20-10-18/h2-3,6,12,20H,4-5,7-10H2,1H3,(H,21,22,23). The number of rotatable bonds is 2. The number of halogens is 1. The van der Waals surface area contributed by atoms with E-state index >= 15 is 0 Å². The lowest BCUT2D eigenvalue weighted by atomic mass is 9.57. The summed E-state index contributed by atoms with van der Waals surface area (Å²) < 4.78 is 14.7. The van der Waals surface area contributed by atoms with E-state index in [9.17, 15) is 14.0 Å². The molecule has 1 unspecified atom stereocenters. The summed E-state index contributed by atoms with van der Waals surface area (Å²) in [5, 5.41) is 5.64. The Morgan fingerprint density at radius 3 is 2.52 bits per heavy atom. The molecule has 122 valence electrons. The van der Waals surface area contributed by atoms with Crippen LogP contribution in [0.5, 0.6) is 0 Å². The average Bonchev–Trinajstić information content (AvgIpc) is 2.40. The largest absolute Gasteiger partial charge is 0.316 e. The van der Waals surface area contributed by atoms with Crippen molar-refractivity contribution in [3.05, 3.63) is 35.1 Å². The van der Waals surface area contributed by atoms with Crippen molar-refractivity contribution in [3.63, 3.8) is 0 Å². The van der Waals surface area contributed by atoms with E-state index < -0.39 is 11.3 Å². The van der Waals surface area contributed by atoms with Gasteiger partial charge in [-0.15, -0.1) is 0 Å². The van der Waals surface area contributed by atoms with Crippen LogP contribution in [0.15, 0.2) is 18.2 Å². The van der Waals surface area contributed by atoms with Crippen molar-refractivity contribution in [3.8, 4) is 0 Å². The molecule has 0 aromatic heterocycles. The first-order valence-electron chi connectivity index (χ1n) is 8.27. The minimum atomic E-state index is -0.963. The first kappa shape index (κ1) is 14.8. The van der Waals surface area contributed by atoms with E-state index in [2.05, 4.69) is 10.6 Å². The summed E-state index contributed by atoms with van der Waals surface area (Å²) in [6.45, 7) is 3.87. The molecule has 1 atom stereocenters. The summed E-state index contributed by atoms with van der Waals surface area (Å²) >= 11 is 0. The molecule has 1 aromatic carbocycles. The SMILES string of the molecule is CC1(c2ccc(C3CC4(CNC4)C3)cc2F)CCC(=O)NC1=O. The topological polar surface area (TPSA) is 58.2 Å². The molecule has 2 aliphatic heterocycles. The number of nitrogens with one attached hydrogen (secondary N) is 2. The normalized spacial score (nSPS) is 29.8. The molecule has 3 fully saturated rings. The van der Waals surface area contributed by atoms with Crippen molar-refractivity contribution in [2.24, 2.45) is 5.41 Å². The van der Waals surface area contributed by atoms with Crippen LogP contribution in [0.1, 0.15) is 49.7 Å². The predicted molar refractivity (Wildman–Crippen MR) is 83.4 cm³/mol. The van der Waals surface area contributed by atoms with E-state index in [-0.39, 0.29) is 18.1 Å². The van der Waals surface area contributed by atoms with Crippen molar-refractivity contribution in [2.75, 3.05) is 13.1 Å². The predicted octanol–water partition coefficient (Wildman–Crippen LogP) is 1.99. The van der Waals surface area contributed by atoms with Crippen LogP contribution in [0.25, 0.3) is 0 Å². The second-order valence-electron chi connectivity index (χ2n) is 7.66. The molecule has 1 aliphatic carbocycles. The third kappa shape index (κ3) is 2.21. The van der Waals surface area contributed by atoms with Crippen molar-refractivity contribution in [2.45, 2.75) is 43.9 Å². The summed E-state index contributed by atoms with van der Waals surface area (Å²) in [7, 11) is 0. The van der Waals surface area contributed by atoms with Crippen molar-refractivity contribution >= 4 is 11.8 Å². The van der Waals surface area contributed by atoms with Gasteiger partial charge in [-0.05, 0) is 49.1 Å². The quantitative estimate of drug-likeness (QED) is 0.820. The summed E-state index contributed by atoms with van der Waals surface area (Å²) in [6, 6.07) is 5.29. The maximum absolute atomic E-state index is 14.7. The molecule has 2 amide bonds. The summed E-state index contributed by atoms with van der Waals surface area (Å²) in [6.07, 6.45) is 2.84. The molecule has 23 heavy (non-hydrogen) atoms. The van der Waals surface area contributed by atoms with Gasteiger partial charge in [0.05, 0.1) is 5.41 Å². The number of carbonyl (C=O) groups excluding carboxylic acids is 2. The molecular formula is C18H21FN2O2. The highest BCUT2D eigenvalue weighted by Crippen LogP contribution is 2.53. The first-order chi connectivity index (χ1) is 10.9. The Morgan fingerprint density at radius 2 is 1.96 bits per heavy atom. The van der Waals surface area contributed by atoms with Gasteiger partial charge in [0.25, 0.3) is 0 Å². The molecule has 1 saturated carbocycles. The lowest BCUT2D eigenvalue weighted by Crippen LogP contribution is -2.59. The van der Waals surface area contributed by atoms with Gasteiger partial charge >= 0.3 is 0 Å². The molecule has 2 saturated heterocycles. The highest BCUT2D eigenvalue weighted by atomic mass is 19.1. The number of carbonyl (C=O) groups is 2. The fourth-order valence-electron chi connectivity index (χ4n) is 4.28. The van der Waals surface area contributed by atoms with E-state index in [4.69, 9.17) is 0 Å². The molecule has 1 aromatic rings. The first-order valence-corrected chi connectivity index (χ1v) is 8.27. The average molecular weight is 316 g/mol. The number of hydrogen-bond donors (Lipinski definition) is 2. The Labute approximate surface area is 134 Å². The Bertz CT molecular complexity index is 690. The van der Waals surface area contributed by atoms with Crippen LogP contribution in [0.2, 0.25) is 0 Å². The van der Waals surface area contributed by atoms with Crippen molar-refractivity contribution in [1.29, 1.82) is 0 Å². The van der Waals surface area contributed by atoms with Crippen molar-refractivity contribution < 1.29 is 14.0 Å². The molecule has 5 heteroatoms. The highest BCUT2D eigenvalue weighted by molar-refractivity contribution is 6.03. The van der Waals surface area contributed by atoms with Gasteiger partial charge in [-0.3, -0.25) is 14.9 Å². The summed E-state index contributed by atoms with van der Waals surface area (Å²) in [5.74, 6) is -0.584. The number of hydrogen-bond acceptors (Lipinski definition) is 3. The molecule has 2 N–H and O–H groups in total. The molecule has 4 nitrogen and oxygen atoms in total. The smallest absolute Gasteiger partial charge is 0.237 e. The lowest BCUT2D eigenvalue weighted by molar-refractivity contribution is -0.137. The lowest BCUT2D eigenvalue weighted by Gasteiger charge is -2.54. The zero-order chi connectivity index (χ0) is 16.2. The summed E-state index contributed by atoms with van der Waals surface area (Å²) in [4.78, 5) is 23.5. The Morgan fingerprint density at radius 1 is 1.22 bits per heavy atom. The van der Waals surface area contributed by atoms with Gasteiger partial charge in [-0.25, -0.2) is 4.39 Å². The van der Waals surface area contributed by atoms with E-state index in [1.165, 1.54) is 0 Å². The van der Waals surface area contributed by atoms with Crippen LogP contribution in [-0.4, -0.2) is 24.9 Å². The second-order valence-corrected chi connectivity index (χ2v) is 7.66. The third-order valence-electron chi connectivity index (χ3n) is 6.02. The van der Waals surface area contributed by atoms with Gasteiger partial charge in [0.2, 0.25) is 11.8 Å². The van der Waals surface area contributed by atoms with Crippen LogP contribution < -0.4 is 10.6 Å². The van der Waals surface area contributed by atoms with E-state index in [0.29, 0.717) is 23.3 Å². The highest BCUT2D eigenvalue weighted by Gasteiger charge is 2.49. The third-order valence-corrected chi connectivity index (χ3v) is 6.02.